The zero-order chi connectivity index (χ0) is 17.1. The Kier molecular flexibility index (Phi) is 3.04. The van der Waals surface area contributed by atoms with Crippen LogP contribution in [-0.2, 0) is 22.6 Å². The molecule has 4 fully saturated rings. The molecule has 2 aromatic rings. The van der Waals surface area contributed by atoms with Gasteiger partial charge in [-0.3, -0.25) is 9.48 Å². The summed E-state index contributed by atoms with van der Waals surface area (Å²) in [4.78, 5) is 25.8. The third-order valence-electron chi connectivity index (χ3n) is 5.57. The van der Waals surface area contributed by atoms with Crippen LogP contribution in [0.3, 0.4) is 0 Å². The number of ether oxygens (including phenoxy) is 1. The zero-order valence-electron chi connectivity index (χ0n) is 14.0. The van der Waals surface area contributed by atoms with E-state index in [9.17, 15) is 9.59 Å². The van der Waals surface area contributed by atoms with E-state index in [0.29, 0.717) is 48.4 Å². The molecule has 2 bridgehead atoms. The Balaban J connectivity index is 1.22. The van der Waals surface area contributed by atoms with E-state index in [1.54, 1.807) is 17.8 Å². The lowest BCUT2D eigenvalue weighted by Gasteiger charge is -2.16. The maximum Gasteiger partial charge on any atom is 0.341 e. The van der Waals surface area contributed by atoms with Crippen LogP contribution in [0.5, 0.6) is 0 Å². The Morgan fingerprint density at radius 2 is 1.84 bits per heavy atom. The van der Waals surface area contributed by atoms with Crippen LogP contribution in [0.2, 0.25) is 0 Å². The summed E-state index contributed by atoms with van der Waals surface area (Å²) in [5, 5.41) is 4.21. The lowest BCUT2D eigenvalue weighted by atomic mass is 10.1. The first-order chi connectivity index (χ1) is 12.2. The van der Waals surface area contributed by atoms with Gasteiger partial charge in [0.05, 0.1) is 24.9 Å². The molecule has 6 nitrogen and oxygen atoms in total. The van der Waals surface area contributed by atoms with Crippen molar-refractivity contribution in [1.82, 2.24) is 14.7 Å². The summed E-state index contributed by atoms with van der Waals surface area (Å²) >= 11 is 0. The molecule has 128 valence electrons. The lowest BCUT2D eigenvalue weighted by Crippen LogP contribution is -2.25. The molecule has 2 saturated carbocycles. The van der Waals surface area contributed by atoms with Crippen LogP contribution in [0.15, 0.2) is 36.7 Å². The first-order valence-corrected chi connectivity index (χ1v) is 8.75. The van der Waals surface area contributed by atoms with Crippen molar-refractivity contribution in [1.29, 1.82) is 0 Å². The number of amides is 1. The van der Waals surface area contributed by atoms with Crippen LogP contribution >= 0.6 is 0 Å². The van der Waals surface area contributed by atoms with Gasteiger partial charge in [0.15, 0.2) is 0 Å². The van der Waals surface area contributed by atoms with E-state index >= 15 is 0 Å². The number of aromatic nitrogens is 2. The van der Waals surface area contributed by atoms with Crippen molar-refractivity contribution in [3.63, 3.8) is 0 Å². The Morgan fingerprint density at radius 3 is 2.44 bits per heavy atom. The Bertz CT molecular complexity index is 847. The van der Waals surface area contributed by atoms with E-state index in [2.05, 4.69) is 29.4 Å². The van der Waals surface area contributed by atoms with Gasteiger partial charge in [-0.25, -0.2) is 4.79 Å². The Hall–Kier alpha value is -2.63. The number of piperidine rings is 1. The van der Waals surface area contributed by atoms with Crippen molar-refractivity contribution in [3.05, 3.63) is 53.3 Å². The molecular formula is C19H19N3O3. The molecule has 0 radical (unpaired) electrons. The smallest absolute Gasteiger partial charge is 0.341 e. The molecule has 3 heterocycles. The minimum Gasteiger partial charge on any atom is -0.462 e. The van der Waals surface area contributed by atoms with Gasteiger partial charge in [0.1, 0.15) is 0 Å². The second-order valence-electron chi connectivity index (χ2n) is 7.10. The Morgan fingerprint density at radius 1 is 1.16 bits per heavy atom. The van der Waals surface area contributed by atoms with Crippen molar-refractivity contribution >= 4 is 11.9 Å². The molecule has 1 aromatic carbocycles. The van der Waals surface area contributed by atoms with Gasteiger partial charge in [-0.1, -0.05) is 24.3 Å². The third kappa shape index (κ3) is 2.27. The number of hydrogen-bond acceptors (Lipinski definition) is 4. The molecule has 2 aliphatic carbocycles. The minimum atomic E-state index is -0.347. The van der Waals surface area contributed by atoms with Gasteiger partial charge in [-0.2, -0.15) is 5.10 Å². The van der Waals surface area contributed by atoms with Crippen molar-refractivity contribution in [2.75, 3.05) is 6.61 Å². The second-order valence-corrected chi connectivity index (χ2v) is 7.10. The maximum absolute atomic E-state index is 12.1. The predicted molar refractivity (Wildman–Crippen MR) is 88.5 cm³/mol. The molecule has 1 amide bonds. The number of fused-ring (bicyclic) bond motifs is 1. The molecule has 6 rings (SSSR count). The summed E-state index contributed by atoms with van der Waals surface area (Å²) in [6, 6.07) is 8.80. The van der Waals surface area contributed by atoms with Crippen LogP contribution in [-0.4, -0.2) is 39.2 Å². The fourth-order valence-electron chi connectivity index (χ4n) is 4.15. The third-order valence-corrected chi connectivity index (χ3v) is 5.57. The van der Waals surface area contributed by atoms with Gasteiger partial charge >= 0.3 is 5.97 Å². The molecule has 2 atom stereocenters. The highest BCUT2D eigenvalue weighted by molar-refractivity contribution is 5.91. The van der Waals surface area contributed by atoms with Gasteiger partial charge in [0.25, 0.3) is 0 Å². The average molecular weight is 337 g/mol. The summed E-state index contributed by atoms with van der Waals surface area (Å²) in [5.41, 5.74) is 2.73. The monoisotopic (exact) mass is 337 g/mol. The molecular weight excluding hydrogens is 318 g/mol. The molecule has 25 heavy (non-hydrogen) atoms. The number of rotatable bonds is 6. The van der Waals surface area contributed by atoms with Gasteiger partial charge in [-0.05, 0) is 29.9 Å². The highest BCUT2D eigenvalue weighted by Gasteiger charge is 2.84. The fourth-order valence-corrected chi connectivity index (χ4v) is 4.15. The summed E-state index contributed by atoms with van der Waals surface area (Å²) in [6.07, 6.45) is 3.23. The van der Waals surface area contributed by atoms with Crippen molar-refractivity contribution < 1.29 is 14.3 Å². The molecule has 0 N–H and O–H groups in total. The Labute approximate surface area is 145 Å². The van der Waals surface area contributed by atoms with Crippen LogP contribution in [0.25, 0.3) is 0 Å². The van der Waals surface area contributed by atoms with E-state index in [0.717, 1.165) is 17.7 Å². The van der Waals surface area contributed by atoms with E-state index in [1.165, 1.54) is 6.20 Å². The number of nitrogens with zero attached hydrogens (tertiary/aromatic N) is 3. The molecule has 2 aliphatic heterocycles. The van der Waals surface area contributed by atoms with Crippen LogP contribution in [0, 0.1) is 17.8 Å². The normalized spacial score (nSPS) is 28.0. The summed E-state index contributed by atoms with van der Waals surface area (Å²) in [5.74, 6) is 1.77. The first-order valence-electron chi connectivity index (χ1n) is 8.75. The molecule has 2 saturated heterocycles. The molecule has 6 heteroatoms. The largest absolute Gasteiger partial charge is 0.462 e. The molecule has 0 spiro atoms. The summed E-state index contributed by atoms with van der Waals surface area (Å²) in [6.45, 7) is 3.46. The standard InChI is InChI=1S/C19H19N3O3/c1-2-25-19(24)13-7-20-21(10-13)8-11-3-5-12(6-4-11)9-22-17-14-15(17)16(14)18(22)23/h3-7,10,14-17H,2,8-9H2,1H3. The summed E-state index contributed by atoms with van der Waals surface area (Å²) < 4.78 is 6.69. The lowest BCUT2D eigenvalue weighted by molar-refractivity contribution is -0.128. The number of benzene rings is 1. The maximum atomic E-state index is 12.1. The van der Waals surface area contributed by atoms with Gasteiger partial charge < -0.3 is 9.64 Å². The van der Waals surface area contributed by atoms with Crippen molar-refractivity contribution in [3.8, 4) is 0 Å². The molecule has 2 unspecified atom stereocenters. The highest BCUT2D eigenvalue weighted by Crippen LogP contribution is 2.76. The average Bonchev–Trinajstić information content (AvgIpc) is 3.37. The van der Waals surface area contributed by atoms with E-state index in [-0.39, 0.29) is 5.97 Å². The topological polar surface area (TPSA) is 64.4 Å². The van der Waals surface area contributed by atoms with Crippen LogP contribution in [0.4, 0.5) is 0 Å². The minimum absolute atomic E-state index is 0.347. The first kappa shape index (κ1) is 14.7. The summed E-state index contributed by atoms with van der Waals surface area (Å²) in [7, 11) is 0. The van der Waals surface area contributed by atoms with Gasteiger partial charge in [0.2, 0.25) is 5.91 Å². The van der Waals surface area contributed by atoms with Crippen molar-refractivity contribution in [2.45, 2.75) is 26.1 Å². The second kappa shape index (κ2) is 5.18. The fraction of sp³-hybridized carbons (Fsp3) is 0.421. The number of carbonyl (C=O) groups excluding carboxylic acids is 2. The molecule has 4 aliphatic rings. The van der Waals surface area contributed by atoms with E-state index in [1.807, 2.05) is 4.90 Å². The van der Waals surface area contributed by atoms with E-state index in [4.69, 9.17) is 4.74 Å². The quantitative estimate of drug-likeness (QED) is 0.753. The van der Waals surface area contributed by atoms with Gasteiger partial charge in [0, 0.05) is 24.7 Å². The molecule has 1 aromatic heterocycles. The van der Waals surface area contributed by atoms with E-state index < -0.39 is 0 Å². The predicted octanol–water partition coefficient (Wildman–Crippen LogP) is 1.69. The van der Waals surface area contributed by atoms with Crippen LogP contribution < -0.4 is 0 Å². The highest BCUT2D eigenvalue weighted by atomic mass is 16.5. The SMILES string of the molecule is CCOC(=O)c1cnn(Cc2ccc(CN3C(=O)C4C5C4C53)cc2)c1. The number of carbonyl (C=O) groups is 2. The van der Waals surface area contributed by atoms with Crippen molar-refractivity contribution in [2.24, 2.45) is 17.8 Å². The van der Waals surface area contributed by atoms with Crippen LogP contribution in [0.1, 0.15) is 28.4 Å². The number of hydrogen-bond donors (Lipinski definition) is 0. The number of esters is 1. The zero-order valence-corrected chi connectivity index (χ0v) is 14.0. The van der Waals surface area contributed by atoms with Gasteiger partial charge in [-0.15, -0.1) is 0 Å².